The Morgan fingerprint density at radius 3 is 1.46 bits per heavy atom. The molecule has 17 heteroatoms. The minimum atomic E-state index is -5.01. The fourth-order valence-electron chi connectivity index (χ4n) is 4.65. The lowest BCUT2D eigenvalue weighted by atomic mass is 10.0. The zero-order valence-corrected chi connectivity index (χ0v) is 31.5. The molecule has 2 aromatic rings. The Morgan fingerprint density at radius 1 is 0.654 bits per heavy atom. The highest BCUT2D eigenvalue weighted by atomic mass is 32.2. The molecule has 296 valence electrons. The highest BCUT2D eigenvalue weighted by Crippen LogP contribution is 2.36. The number of carbonyl (C=O) groups excluding carboxylic acids is 2. The topological polar surface area (TPSA) is 121 Å². The average Bonchev–Trinajstić information content (AvgIpc) is 3.01. The quantitative estimate of drug-likeness (QED) is 0.0969. The first-order valence-electron chi connectivity index (χ1n) is 16.6. The van der Waals surface area contributed by atoms with Crippen LogP contribution < -0.4 is 9.47 Å². The van der Waals surface area contributed by atoms with Crippen LogP contribution in [0.3, 0.4) is 0 Å². The molecule has 2 aromatic carbocycles. The van der Waals surface area contributed by atoms with Crippen molar-refractivity contribution >= 4 is 31.2 Å². The number of unbranched alkanes of at least 4 members (excludes halogenated alkanes) is 4. The van der Waals surface area contributed by atoms with Gasteiger partial charge in [0.05, 0.1) is 34.7 Å². The lowest BCUT2D eigenvalue weighted by Gasteiger charge is -2.13. The van der Waals surface area contributed by atoms with Crippen LogP contribution in [0.1, 0.15) is 95.8 Å². The number of methoxy groups -OCH3 is 1. The second kappa shape index (κ2) is 20.9. The Bertz CT molecular complexity index is 1670. The smallest absolute Gasteiger partial charge is 0.496 e. The summed E-state index contributed by atoms with van der Waals surface area (Å²) in [7, 11) is -5.01. The largest absolute Gasteiger partial charge is 0.573 e. The summed E-state index contributed by atoms with van der Waals surface area (Å²) in [4.78, 5) is 23.9. The van der Waals surface area contributed by atoms with Crippen LogP contribution in [0.2, 0.25) is 0 Å². The third-order valence-electron chi connectivity index (χ3n) is 7.80. The van der Waals surface area contributed by atoms with Crippen molar-refractivity contribution in [3.8, 4) is 11.5 Å². The van der Waals surface area contributed by atoms with E-state index >= 15 is 0 Å². The summed E-state index contributed by atoms with van der Waals surface area (Å²) in [5, 5.41) is -0.838. The number of ether oxygens (including phenoxy) is 2. The van der Waals surface area contributed by atoms with Gasteiger partial charge in [0.15, 0.2) is 31.2 Å². The predicted molar refractivity (Wildman–Crippen MR) is 183 cm³/mol. The van der Waals surface area contributed by atoms with Crippen molar-refractivity contribution in [2.75, 3.05) is 18.6 Å². The van der Waals surface area contributed by atoms with E-state index in [1.807, 2.05) is 0 Å². The van der Waals surface area contributed by atoms with Gasteiger partial charge in [0.1, 0.15) is 17.3 Å². The molecule has 2 rings (SSSR count). The van der Waals surface area contributed by atoms with Gasteiger partial charge in [-0.1, -0.05) is 25.0 Å². The summed E-state index contributed by atoms with van der Waals surface area (Å²) in [6.45, 7) is 6.49. The van der Waals surface area contributed by atoms with E-state index in [2.05, 4.69) is 4.74 Å². The summed E-state index contributed by atoms with van der Waals surface area (Å²) in [6.07, 6.45) is -6.02. The van der Waals surface area contributed by atoms with Gasteiger partial charge in [0, 0.05) is 25.7 Å². The summed E-state index contributed by atoms with van der Waals surface area (Å²) >= 11 is 0. The van der Waals surface area contributed by atoms with E-state index in [9.17, 15) is 57.2 Å². The minimum absolute atomic E-state index is 0.0266. The number of alkyl halides is 6. The van der Waals surface area contributed by atoms with Crippen molar-refractivity contribution in [2.24, 2.45) is 0 Å². The molecular weight excluding hydrogens is 745 g/mol. The van der Waals surface area contributed by atoms with Crippen molar-refractivity contribution in [1.82, 2.24) is 0 Å². The van der Waals surface area contributed by atoms with Crippen molar-refractivity contribution in [2.45, 2.75) is 115 Å². The molecule has 0 aromatic heterocycles. The zero-order valence-electron chi connectivity index (χ0n) is 29.8. The molecule has 0 unspecified atom stereocenters. The molecule has 52 heavy (non-hydrogen) atoms. The van der Waals surface area contributed by atoms with Gasteiger partial charge in [-0.05, 0) is 88.8 Å². The second-order valence-corrected chi connectivity index (χ2v) is 18.1. The molecule has 0 aliphatic rings. The number of hydrogen-bond donors (Lipinski definition) is 0. The summed E-state index contributed by atoms with van der Waals surface area (Å²) in [5.41, 5.74) is -0.192. The number of Topliss-reactive ketones (excluding diaryl/α,β-unsaturated/α-hetero) is 2. The van der Waals surface area contributed by atoms with Crippen molar-refractivity contribution in [1.29, 1.82) is 0 Å². The number of rotatable bonds is 20. The Balaban J connectivity index is 0.000000520. The Labute approximate surface area is 301 Å². The van der Waals surface area contributed by atoms with Crippen LogP contribution in [-0.4, -0.2) is 63.9 Å². The third kappa shape index (κ3) is 18.0. The van der Waals surface area contributed by atoms with E-state index < -0.39 is 59.8 Å². The lowest BCUT2D eigenvalue weighted by molar-refractivity contribution is -0.275. The molecule has 0 saturated carbocycles. The standard InChI is InChI=1S/C18H25F3O4S.C17H22F4O4S/c1-13(2)26(23,24)10-6-4-5-7-15(22)11-14-8-9-16(18(19,20)21)17(12-14)25-3;1-12(2)26(23,24)9-5-3-4-6-14(22)10-13-7-8-15(18)16(11-13)25-17(19,20)21/h8-9,12-13H,4-7,10-11H2,1-3H3;7-8,11-12H,3-6,9-10H2,1-2H3. The Hall–Kier alpha value is -3.21. The molecule has 0 N–H and O–H groups in total. The average molecular weight is 793 g/mol. The van der Waals surface area contributed by atoms with Gasteiger partial charge < -0.3 is 9.47 Å². The lowest BCUT2D eigenvalue weighted by Crippen LogP contribution is -2.18. The number of halogens is 7. The zero-order chi connectivity index (χ0) is 39.9. The van der Waals surface area contributed by atoms with Crippen molar-refractivity contribution in [3.05, 3.63) is 58.9 Å². The molecule has 8 nitrogen and oxygen atoms in total. The van der Waals surface area contributed by atoms with E-state index in [1.165, 1.54) is 18.2 Å². The fraction of sp³-hybridized carbons (Fsp3) is 0.600. The maximum atomic E-state index is 13.3. The highest BCUT2D eigenvalue weighted by Gasteiger charge is 2.34. The first-order chi connectivity index (χ1) is 23.9. The maximum absolute atomic E-state index is 13.3. The van der Waals surface area contributed by atoms with Crippen LogP contribution in [0.4, 0.5) is 30.7 Å². The number of carbonyl (C=O) groups is 2. The van der Waals surface area contributed by atoms with E-state index in [-0.39, 0.29) is 60.1 Å². The minimum Gasteiger partial charge on any atom is -0.496 e. The van der Waals surface area contributed by atoms with E-state index in [4.69, 9.17) is 4.74 Å². The molecule has 0 fully saturated rings. The van der Waals surface area contributed by atoms with E-state index in [0.29, 0.717) is 44.1 Å². The van der Waals surface area contributed by atoms with Gasteiger partial charge in [0.2, 0.25) is 0 Å². The third-order valence-corrected chi connectivity index (χ3v) is 12.4. The monoisotopic (exact) mass is 792 g/mol. The SMILES string of the molecule is CC(C)S(=O)(=O)CCCCCC(=O)Cc1ccc(F)c(OC(F)(F)F)c1.COc1cc(CC(=O)CCCCCS(=O)(=O)C(C)C)ccc1C(F)(F)F. The molecule has 0 spiro atoms. The molecule has 0 atom stereocenters. The van der Waals surface area contributed by atoms with Crippen LogP contribution in [0.5, 0.6) is 11.5 Å². The number of benzene rings is 2. The number of sulfone groups is 2. The van der Waals surface area contributed by atoms with Crippen molar-refractivity contribution in [3.63, 3.8) is 0 Å². The molecule has 0 heterocycles. The first kappa shape index (κ1) is 46.8. The van der Waals surface area contributed by atoms with Gasteiger partial charge in [-0.3, -0.25) is 9.59 Å². The van der Waals surface area contributed by atoms with E-state index in [0.717, 1.165) is 25.3 Å². The summed E-state index contributed by atoms with van der Waals surface area (Å²) < 4.78 is 143. The predicted octanol–water partition coefficient (Wildman–Crippen LogP) is 8.43. The highest BCUT2D eigenvalue weighted by molar-refractivity contribution is 7.92. The Kier molecular flexibility index (Phi) is 18.8. The van der Waals surface area contributed by atoms with Gasteiger partial charge in [-0.25, -0.2) is 21.2 Å². The van der Waals surface area contributed by atoms with Crippen molar-refractivity contribution < 1.29 is 66.6 Å². The van der Waals surface area contributed by atoms with Gasteiger partial charge in [-0.2, -0.15) is 13.2 Å². The summed E-state index contributed by atoms with van der Waals surface area (Å²) in [5.74, 6) is -2.59. The van der Waals surface area contributed by atoms with Crippen LogP contribution in [0.15, 0.2) is 36.4 Å². The molecule has 0 radical (unpaired) electrons. The molecule has 0 bridgehead atoms. The van der Waals surface area contributed by atoms with Crippen LogP contribution in [0, 0.1) is 5.82 Å². The van der Waals surface area contributed by atoms with Gasteiger partial charge in [0.25, 0.3) is 0 Å². The fourth-order valence-corrected chi connectivity index (χ4v) is 6.80. The molecule has 0 aliphatic heterocycles. The maximum Gasteiger partial charge on any atom is 0.573 e. The normalized spacial score (nSPS) is 12.4. The van der Waals surface area contributed by atoms with Crippen LogP contribution in [-0.2, 0) is 48.3 Å². The van der Waals surface area contributed by atoms with Crippen LogP contribution >= 0.6 is 0 Å². The van der Waals surface area contributed by atoms with E-state index in [1.54, 1.807) is 27.7 Å². The van der Waals surface area contributed by atoms with Gasteiger partial charge >= 0.3 is 12.5 Å². The number of hydrogen-bond acceptors (Lipinski definition) is 8. The van der Waals surface area contributed by atoms with Crippen LogP contribution in [0.25, 0.3) is 0 Å². The molecule has 0 aliphatic carbocycles. The first-order valence-corrected chi connectivity index (χ1v) is 20.1. The molecule has 0 saturated heterocycles. The molecular formula is C35H47F7O8S2. The second-order valence-electron chi connectivity index (χ2n) is 12.7. The summed E-state index contributed by atoms with van der Waals surface area (Å²) in [6, 6.07) is 6.33. The Morgan fingerprint density at radius 2 is 1.08 bits per heavy atom. The number of ketones is 2. The molecule has 0 amide bonds. The van der Waals surface area contributed by atoms with Gasteiger partial charge in [-0.15, -0.1) is 13.2 Å².